The average molecular weight is 205 g/mol. The van der Waals surface area contributed by atoms with Gasteiger partial charge in [0.05, 0.1) is 24.1 Å². The van der Waals surface area contributed by atoms with E-state index in [0.717, 1.165) is 11.3 Å². The fourth-order valence-corrected chi connectivity index (χ4v) is 1.69. The lowest BCUT2D eigenvalue weighted by Crippen LogP contribution is -2.10. The van der Waals surface area contributed by atoms with Gasteiger partial charge >= 0.3 is 5.97 Å². The maximum absolute atomic E-state index is 10.8. The van der Waals surface area contributed by atoms with Gasteiger partial charge in [-0.3, -0.25) is 10.2 Å². The van der Waals surface area contributed by atoms with E-state index in [1.165, 1.54) is 0 Å². The largest absolute Gasteiger partial charge is 0.476 e. The van der Waals surface area contributed by atoms with Crippen LogP contribution in [0.4, 0.5) is 5.69 Å². The molecule has 1 aliphatic rings. The monoisotopic (exact) mass is 205 g/mol. The Kier molecular flexibility index (Phi) is 1.39. The van der Waals surface area contributed by atoms with Crippen LogP contribution in [0.1, 0.15) is 16.2 Å². The van der Waals surface area contributed by atoms with Crippen molar-refractivity contribution in [1.82, 2.24) is 20.4 Å². The Morgan fingerprint density at radius 3 is 3.13 bits per heavy atom. The van der Waals surface area contributed by atoms with Gasteiger partial charge in [-0.15, -0.1) is 0 Å². The summed E-state index contributed by atoms with van der Waals surface area (Å²) in [6, 6.07) is 0. The number of aromatic nitrogens is 4. The van der Waals surface area contributed by atoms with E-state index in [9.17, 15) is 4.79 Å². The van der Waals surface area contributed by atoms with E-state index in [2.05, 4.69) is 25.7 Å². The highest BCUT2D eigenvalue weighted by atomic mass is 16.4. The third-order valence-electron chi connectivity index (χ3n) is 2.40. The highest BCUT2D eigenvalue weighted by Gasteiger charge is 2.25. The number of aromatic amines is 2. The number of fused-ring (bicyclic) bond motifs is 3. The second-order valence-electron chi connectivity index (χ2n) is 3.24. The zero-order chi connectivity index (χ0) is 10.4. The van der Waals surface area contributed by atoms with Gasteiger partial charge in [-0.1, -0.05) is 0 Å². The van der Waals surface area contributed by atoms with E-state index < -0.39 is 5.97 Å². The number of H-pyrrole nitrogens is 2. The summed E-state index contributed by atoms with van der Waals surface area (Å²) in [5.41, 5.74) is 2.95. The first-order valence-corrected chi connectivity index (χ1v) is 4.35. The molecule has 15 heavy (non-hydrogen) atoms. The predicted octanol–water partition coefficient (Wildman–Crippen LogP) is 0.423. The molecule has 7 nitrogen and oxygen atoms in total. The molecule has 0 amide bonds. The molecular formula is C8H7N5O2. The van der Waals surface area contributed by atoms with E-state index in [1.54, 1.807) is 6.20 Å². The highest BCUT2D eigenvalue weighted by molar-refractivity contribution is 5.97. The summed E-state index contributed by atoms with van der Waals surface area (Å²) in [6.07, 6.45) is 1.64. The molecule has 0 fully saturated rings. The minimum Gasteiger partial charge on any atom is -0.476 e. The summed E-state index contributed by atoms with van der Waals surface area (Å²) in [5, 5.41) is 25.1. The molecule has 0 radical (unpaired) electrons. The average Bonchev–Trinajstić information content (AvgIpc) is 2.82. The van der Waals surface area contributed by atoms with Gasteiger partial charge in [0, 0.05) is 5.56 Å². The van der Waals surface area contributed by atoms with Gasteiger partial charge < -0.3 is 10.4 Å². The van der Waals surface area contributed by atoms with Crippen LogP contribution in [0.3, 0.4) is 0 Å². The molecule has 0 atom stereocenters. The second kappa shape index (κ2) is 2.59. The van der Waals surface area contributed by atoms with Crippen LogP contribution >= 0.6 is 0 Å². The molecule has 0 saturated carbocycles. The molecule has 1 aliphatic heterocycles. The Hall–Kier alpha value is -2.31. The van der Waals surface area contributed by atoms with Gasteiger partial charge in [0.15, 0.2) is 5.69 Å². The molecule has 2 aromatic heterocycles. The van der Waals surface area contributed by atoms with E-state index in [-0.39, 0.29) is 5.69 Å². The summed E-state index contributed by atoms with van der Waals surface area (Å²) in [5.74, 6) is -1.02. The molecule has 76 valence electrons. The van der Waals surface area contributed by atoms with Crippen molar-refractivity contribution in [2.24, 2.45) is 0 Å². The Morgan fingerprint density at radius 1 is 1.47 bits per heavy atom. The Morgan fingerprint density at radius 2 is 2.33 bits per heavy atom. The van der Waals surface area contributed by atoms with Crippen LogP contribution in [0.25, 0.3) is 11.3 Å². The number of rotatable bonds is 1. The van der Waals surface area contributed by atoms with Crippen molar-refractivity contribution in [2.45, 2.75) is 6.54 Å². The molecule has 2 aromatic rings. The van der Waals surface area contributed by atoms with Gasteiger partial charge in [0.2, 0.25) is 0 Å². The number of aromatic carboxylic acids is 1. The molecule has 7 heteroatoms. The number of nitrogens with one attached hydrogen (secondary N) is 3. The summed E-state index contributed by atoms with van der Waals surface area (Å²) in [7, 11) is 0. The lowest BCUT2D eigenvalue weighted by molar-refractivity contribution is 0.0691. The van der Waals surface area contributed by atoms with Gasteiger partial charge in [-0.2, -0.15) is 10.2 Å². The first-order valence-electron chi connectivity index (χ1n) is 4.35. The lowest BCUT2D eigenvalue weighted by Gasteiger charge is -2.12. The van der Waals surface area contributed by atoms with Gasteiger partial charge in [0.25, 0.3) is 0 Å². The van der Waals surface area contributed by atoms with E-state index >= 15 is 0 Å². The summed E-state index contributed by atoms with van der Waals surface area (Å²) >= 11 is 0. The van der Waals surface area contributed by atoms with Crippen molar-refractivity contribution in [2.75, 3.05) is 5.32 Å². The first-order chi connectivity index (χ1) is 7.27. The Labute approximate surface area is 83.5 Å². The van der Waals surface area contributed by atoms with Gasteiger partial charge in [0.1, 0.15) is 5.69 Å². The molecule has 0 unspecified atom stereocenters. The molecule has 0 bridgehead atoms. The third kappa shape index (κ3) is 0.967. The topological polar surface area (TPSA) is 107 Å². The third-order valence-corrected chi connectivity index (χ3v) is 2.40. The SMILES string of the molecule is O=C(O)c1[nH]nc2c1NCc1[nH]ncc1-2. The first kappa shape index (κ1) is 8.04. The molecule has 3 heterocycles. The maximum Gasteiger partial charge on any atom is 0.356 e. The quantitative estimate of drug-likeness (QED) is 0.539. The van der Waals surface area contributed by atoms with Gasteiger partial charge in [-0.05, 0) is 0 Å². The molecule has 4 N–H and O–H groups in total. The van der Waals surface area contributed by atoms with Crippen LogP contribution in [-0.2, 0) is 6.54 Å². The second-order valence-corrected chi connectivity index (χ2v) is 3.24. The fraction of sp³-hybridized carbons (Fsp3) is 0.125. The summed E-state index contributed by atoms with van der Waals surface area (Å²) in [6.45, 7) is 0.530. The van der Waals surface area contributed by atoms with E-state index in [4.69, 9.17) is 5.11 Å². The number of carboxylic acids is 1. The van der Waals surface area contributed by atoms with Crippen molar-refractivity contribution in [3.05, 3.63) is 17.6 Å². The summed E-state index contributed by atoms with van der Waals surface area (Å²) in [4.78, 5) is 10.8. The van der Waals surface area contributed by atoms with Crippen LogP contribution in [0.2, 0.25) is 0 Å². The van der Waals surface area contributed by atoms with Crippen molar-refractivity contribution in [3.63, 3.8) is 0 Å². The van der Waals surface area contributed by atoms with Gasteiger partial charge in [-0.25, -0.2) is 4.79 Å². The predicted molar refractivity (Wildman–Crippen MR) is 50.5 cm³/mol. The maximum atomic E-state index is 10.8. The van der Waals surface area contributed by atoms with Crippen molar-refractivity contribution >= 4 is 11.7 Å². The minimum absolute atomic E-state index is 0.0804. The highest BCUT2D eigenvalue weighted by Crippen LogP contribution is 2.34. The Bertz CT molecular complexity index is 541. The van der Waals surface area contributed by atoms with Crippen molar-refractivity contribution < 1.29 is 9.90 Å². The molecule has 0 spiro atoms. The number of hydrogen-bond donors (Lipinski definition) is 4. The lowest BCUT2D eigenvalue weighted by atomic mass is 10.1. The standard InChI is InChI=1S/C8H7N5O2/c14-8(15)7-6-5(12-13-7)3-1-10-11-4(3)2-9-6/h1,9H,2H2,(H,10,11)(H,12,13)(H,14,15). The van der Waals surface area contributed by atoms with Crippen LogP contribution < -0.4 is 5.32 Å². The number of nitrogens with zero attached hydrogens (tertiary/aromatic N) is 2. The smallest absolute Gasteiger partial charge is 0.356 e. The molecule has 3 rings (SSSR count). The van der Waals surface area contributed by atoms with Crippen LogP contribution in [0.15, 0.2) is 6.20 Å². The van der Waals surface area contributed by atoms with Crippen molar-refractivity contribution in [3.8, 4) is 11.3 Å². The molecular weight excluding hydrogens is 198 g/mol. The normalized spacial score (nSPS) is 12.8. The zero-order valence-corrected chi connectivity index (χ0v) is 7.53. The van der Waals surface area contributed by atoms with Crippen LogP contribution in [0, 0.1) is 0 Å². The number of carbonyl (C=O) groups is 1. The molecule has 0 aliphatic carbocycles. The summed E-state index contributed by atoms with van der Waals surface area (Å²) < 4.78 is 0. The van der Waals surface area contributed by atoms with E-state index in [1.807, 2.05) is 0 Å². The molecule has 0 aromatic carbocycles. The molecule has 0 saturated heterocycles. The number of anilines is 1. The van der Waals surface area contributed by atoms with Crippen LogP contribution in [-0.4, -0.2) is 31.5 Å². The van der Waals surface area contributed by atoms with Crippen LogP contribution in [0.5, 0.6) is 0 Å². The fourth-order valence-electron chi connectivity index (χ4n) is 1.69. The minimum atomic E-state index is -1.02. The zero-order valence-electron chi connectivity index (χ0n) is 7.53. The van der Waals surface area contributed by atoms with E-state index in [0.29, 0.717) is 17.9 Å². The number of carboxylic acid groups (broad SMARTS) is 1. The Balaban J connectivity index is 2.23. The van der Waals surface area contributed by atoms with Crippen molar-refractivity contribution in [1.29, 1.82) is 0 Å². The number of hydrogen-bond acceptors (Lipinski definition) is 4.